The second-order valence-electron chi connectivity index (χ2n) is 4.02. The summed E-state index contributed by atoms with van der Waals surface area (Å²) in [5, 5.41) is 3.05. The number of aryl methyl sites for hydroxylation is 1. The molecule has 0 bridgehead atoms. The van der Waals surface area contributed by atoms with Crippen molar-refractivity contribution >= 4 is 11.9 Å². The van der Waals surface area contributed by atoms with E-state index in [0.29, 0.717) is 37.8 Å². The fraction of sp³-hybridized carbons (Fsp3) is 0.583. The zero-order valence-corrected chi connectivity index (χ0v) is 10.9. The average molecular weight is 252 g/mol. The maximum atomic E-state index is 10.6. The molecule has 1 heterocycles. The number of nitrogens with one attached hydrogen (secondary N) is 1. The van der Waals surface area contributed by atoms with Gasteiger partial charge in [0.05, 0.1) is 6.61 Å². The molecule has 1 amide bonds. The van der Waals surface area contributed by atoms with Gasteiger partial charge < -0.3 is 15.8 Å². The van der Waals surface area contributed by atoms with Crippen LogP contribution in [0.3, 0.4) is 0 Å². The molecule has 18 heavy (non-hydrogen) atoms. The van der Waals surface area contributed by atoms with Crippen LogP contribution in [0, 0.1) is 6.92 Å². The van der Waals surface area contributed by atoms with Crippen molar-refractivity contribution in [3.8, 4) is 5.88 Å². The third-order valence-electron chi connectivity index (χ3n) is 2.17. The summed E-state index contributed by atoms with van der Waals surface area (Å²) in [6, 6.07) is 1.80. The van der Waals surface area contributed by atoms with Gasteiger partial charge in [0.25, 0.3) is 0 Å². The number of carbonyl (C=O) groups is 1. The van der Waals surface area contributed by atoms with Gasteiger partial charge in [0.1, 0.15) is 0 Å². The molecule has 0 aliphatic heterocycles. The van der Waals surface area contributed by atoms with Crippen molar-refractivity contribution in [1.29, 1.82) is 0 Å². The molecule has 0 saturated heterocycles. The van der Waals surface area contributed by atoms with E-state index in [1.165, 1.54) is 0 Å². The lowest BCUT2D eigenvalue weighted by atomic mass is 10.3. The summed E-state index contributed by atoms with van der Waals surface area (Å²) < 4.78 is 5.46. The van der Waals surface area contributed by atoms with Crippen LogP contribution in [-0.4, -0.2) is 29.0 Å². The lowest BCUT2D eigenvalue weighted by Gasteiger charge is -2.08. The Labute approximate surface area is 107 Å². The summed E-state index contributed by atoms with van der Waals surface area (Å²) >= 11 is 0. The lowest BCUT2D eigenvalue weighted by Crippen LogP contribution is -2.13. The predicted molar refractivity (Wildman–Crippen MR) is 69.5 cm³/mol. The molecule has 0 aliphatic carbocycles. The molecule has 0 radical (unpaired) electrons. The molecular formula is C12H20N4O2. The van der Waals surface area contributed by atoms with E-state index in [4.69, 9.17) is 10.5 Å². The van der Waals surface area contributed by atoms with Gasteiger partial charge in [0.15, 0.2) is 0 Å². The first-order valence-corrected chi connectivity index (χ1v) is 6.12. The molecule has 0 aromatic carbocycles. The number of nitrogens with zero attached hydrogens (tertiary/aromatic N) is 2. The highest BCUT2D eigenvalue weighted by Gasteiger charge is 2.03. The highest BCUT2D eigenvalue weighted by Crippen LogP contribution is 2.12. The van der Waals surface area contributed by atoms with Crippen molar-refractivity contribution in [2.75, 3.05) is 18.5 Å². The number of amides is 1. The Morgan fingerprint density at radius 3 is 2.94 bits per heavy atom. The Morgan fingerprint density at radius 2 is 2.28 bits per heavy atom. The van der Waals surface area contributed by atoms with E-state index < -0.39 is 0 Å². The number of ether oxygens (including phenoxy) is 1. The zero-order chi connectivity index (χ0) is 13.4. The number of rotatable bonds is 8. The quantitative estimate of drug-likeness (QED) is 0.679. The van der Waals surface area contributed by atoms with Crippen molar-refractivity contribution in [2.45, 2.75) is 33.1 Å². The van der Waals surface area contributed by atoms with Gasteiger partial charge in [-0.15, -0.1) is 0 Å². The lowest BCUT2D eigenvalue weighted by molar-refractivity contribution is -0.118. The summed E-state index contributed by atoms with van der Waals surface area (Å²) in [6.07, 6.45) is 1.96. The minimum atomic E-state index is -0.297. The van der Waals surface area contributed by atoms with Gasteiger partial charge in [-0.3, -0.25) is 4.79 Å². The number of nitrogens with two attached hydrogens (primary N) is 1. The molecule has 1 rings (SSSR count). The zero-order valence-electron chi connectivity index (χ0n) is 10.9. The SMILES string of the molecule is CCCOc1cc(C)nc(NCCCC(N)=O)n1. The van der Waals surface area contributed by atoms with Gasteiger partial charge >= 0.3 is 0 Å². The van der Waals surface area contributed by atoms with Crippen LogP contribution >= 0.6 is 0 Å². The molecule has 0 unspecified atom stereocenters. The monoisotopic (exact) mass is 252 g/mol. The highest BCUT2D eigenvalue weighted by atomic mass is 16.5. The molecule has 100 valence electrons. The van der Waals surface area contributed by atoms with Crippen molar-refractivity contribution in [1.82, 2.24) is 9.97 Å². The van der Waals surface area contributed by atoms with Crippen molar-refractivity contribution in [3.63, 3.8) is 0 Å². The first kappa shape index (κ1) is 14.2. The van der Waals surface area contributed by atoms with Gasteiger partial charge in [-0.05, 0) is 19.8 Å². The first-order chi connectivity index (χ1) is 8.61. The molecule has 0 fully saturated rings. The second-order valence-corrected chi connectivity index (χ2v) is 4.02. The van der Waals surface area contributed by atoms with Crippen molar-refractivity contribution in [2.24, 2.45) is 5.73 Å². The largest absolute Gasteiger partial charge is 0.478 e. The molecular weight excluding hydrogens is 232 g/mol. The van der Waals surface area contributed by atoms with Gasteiger partial charge in [0.2, 0.25) is 17.7 Å². The van der Waals surface area contributed by atoms with E-state index in [9.17, 15) is 4.79 Å². The molecule has 0 spiro atoms. The molecule has 0 aliphatic rings. The van der Waals surface area contributed by atoms with Crippen molar-refractivity contribution in [3.05, 3.63) is 11.8 Å². The van der Waals surface area contributed by atoms with E-state index in [0.717, 1.165) is 12.1 Å². The minimum absolute atomic E-state index is 0.297. The Kier molecular flexibility index (Phi) is 5.90. The number of hydrogen-bond donors (Lipinski definition) is 2. The maximum Gasteiger partial charge on any atom is 0.226 e. The Morgan fingerprint density at radius 1 is 1.50 bits per heavy atom. The van der Waals surface area contributed by atoms with E-state index in [1.807, 2.05) is 13.8 Å². The van der Waals surface area contributed by atoms with Crippen LogP contribution in [0.1, 0.15) is 31.9 Å². The van der Waals surface area contributed by atoms with Crippen LogP contribution in [0.4, 0.5) is 5.95 Å². The van der Waals surface area contributed by atoms with Crippen LogP contribution in [-0.2, 0) is 4.79 Å². The number of carbonyl (C=O) groups excluding carboxylic acids is 1. The molecule has 3 N–H and O–H groups in total. The van der Waals surface area contributed by atoms with E-state index in [1.54, 1.807) is 6.07 Å². The first-order valence-electron chi connectivity index (χ1n) is 6.12. The third kappa shape index (κ3) is 5.47. The average Bonchev–Trinajstić information content (AvgIpc) is 2.31. The number of anilines is 1. The molecule has 0 atom stereocenters. The summed E-state index contributed by atoms with van der Waals surface area (Å²) in [4.78, 5) is 19.0. The van der Waals surface area contributed by atoms with Crippen LogP contribution in [0.2, 0.25) is 0 Å². The molecule has 6 heteroatoms. The number of hydrogen-bond acceptors (Lipinski definition) is 5. The molecule has 1 aromatic rings. The standard InChI is InChI=1S/C12H20N4O2/c1-3-7-18-11-8-9(2)15-12(16-11)14-6-4-5-10(13)17/h8H,3-7H2,1-2H3,(H2,13,17)(H,14,15,16). The smallest absolute Gasteiger partial charge is 0.226 e. The van der Waals surface area contributed by atoms with Crippen LogP contribution in [0.5, 0.6) is 5.88 Å². The molecule has 0 saturated carbocycles. The fourth-order valence-corrected chi connectivity index (χ4v) is 1.36. The third-order valence-corrected chi connectivity index (χ3v) is 2.17. The van der Waals surface area contributed by atoms with E-state index >= 15 is 0 Å². The van der Waals surface area contributed by atoms with Crippen LogP contribution in [0.15, 0.2) is 6.07 Å². The van der Waals surface area contributed by atoms with Crippen LogP contribution < -0.4 is 15.8 Å². The second kappa shape index (κ2) is 7.47. The summed E-state index contributed by atoms with van der Waals surface area (Å²) in [7, 11) is 0. The summed E-state index contributed by atoms with van der Waals surface area (Å²) in [6.45, 7) is 5.17. The predicted octanol–water partition coefficient (Wildman–Crippen LogP) is 1.25. The summed E-state index contributed by atoms with van der Waals surface area (Å²) in [5.41, 5.74) is 5.90. The minimum Gasteiger partial charge on any atom is -0.478 e. The molecule has 1 aromatic heterocycles. The number of aromatic nitrogens is 2. The summed E-state index contributed by atoms with van der Waals surface area (Å²) in [5.74, 6) is 0.793. The van der Waals surface area contributed by atoms with Gasteiger partial charge in [-0.25, -0.2) is 4.98 Å². The van der Waals surface area contributed by atoms with Crippen LogP contribution in [0.25, 0.3) is 0 Å². The molecule has 6 nitrogen and oxygen atoms in total. The van der Waals surface area contributed by atoms with Gasteiger partial charge in [-0.2, -0.15) is 4.98 Å². The number of primary amides is 1. The van der Waals surface area contributed by atoms with E-state index in [-0.39, 0.29) is 5.91 Å². The normalized spacial score (nSPS) is 10.1. The topological polar surface area (TPSA) is 90.1 Å². The van der Waals surface area contributed by atoms with Crippen molar-refractivity contribution < 1.29 is 9.53 Å². The highest BCUT2D eigenvalue weighted by molar-refractivity contribution is 5.73. The Bertz CT molecular complexity index is 396. The van der Waals surface area contributed by atoms with Gasteiger partial charge in [0, 0.05) is 24.7 Å². The fourth-order valence-electron chi connectivity index (χ4n) is 1.36. The Balaban J connectivity index is 2.48. The van der Waals surface area contributed by atoms with E-state index in [2.05, 4.69) is 15.3 Å². The Hall–Kier alpha value is -1.85. The van der Waals surface area contributed by atoms with Gasteiger partial charge in [-0.1, -0.05) is 6.92 Å². The maximum absolute atomic E-state index is 10.6.